The van der Waals surface area contributed by atoms with E-state index in [4.69, 9.17) is 16.2 Å². The van der Waals surface area contributed by atoms with Gasteiger partial charge in [0.1, 0.15) is 11.5 Å². The second kappa shape index (κ2) is 8.05. The van der Waals surface area contributed by atoms with Crippen molar-refractivity contribution in [3.8, 4) is 11.5 Å². The first-order valence-electron chi connectivity index (χ1n) is 8.31. The van der Waals surface area contributed by atoms with Gasteiger partial charge in [0, 0.05) is 22.4 Å². The predicted molar refractivity (Wildman–Crippen MR) is 104 cm³/mol. The molecule has 5 N–H and O–H groups in total. The first-order chi connectivity index (χ1) is 13.4. The van der Waals surface area contributed by atoms with E-state index in [0.717, 1.165) is 0 Å². The fraction of sp³-hybridized carbons (Fsp3) is 0. The zero-order chi connectivity index (χ0) is 20.1. The molecule has 3 rings (SSSR count). The summed E-state index contributed by atoms with van der Waals surface area (Å²) < 4.78 is 5.72. The number of hydrogen-bond acceptors (Lipinski definition) is 4. The fourth-order valence-corrected chi connectivity index (χ4v) is 2.51. The highest BCUT2D eigenvalue weighted by molar-refractivity contribution is 6.06. The number of ether oxygens (including phenoxy) is 1. The van der Waals surface area contributed by atoms with Crippen LogP contribution < -0.4 is 21.5 Å². The van der Waals surface area contributed by atoms with Gasteiger partial charge < -0.3 is 21.5 Å². The molecule has 0 bridgehead atoms. The molecule has 0 saturated carbocycles. The Labute approximate surface area is 160 Å². The molecule has 0 spiro atoms. The molecule has 0 saturated heterocycles. The summed E-state index contributed by atoms with van der Waals surface area (Å²) in [7, 11) is 0. The van der Waals surface area contributed by atoms with Gasteiger partial charge in [0.15, 0.2) is 0 Å². The number of carbonyl (C=O) groups excluding carboxylic acids is 3. The van der Waals surface area contributed by atoms with Crippen LogP contribution in [0.1, 0.15) is 31.1 Å². The highest BCUT2D eigenvalue weighted by Crippen LogP contribution is 2.23. The van der Waals surface area contributed by atoms with E-state index < -0.39 is 17.7 Å². The Morgan fingerprint density at radius 1 is 0.679 bits per heavy atom. The van der Waals surface area contributed by atoms with E-state index in [-0.39, 0.29) is 16.8 Å². The molecule has 0 heterocycles. The molecule has 0 fully saturated rings. The van der Waals surface area contributed by atoms with Crippen LogP contribution in [0, 0.1) is 0 Å². The average Bonchev–Trinajstić information content (AvgIpc) is 2.68. The summed E-state index contributed by atoms with van der Waals surface area (Å²) in [5.74, 6) is -0.799. The number of rotatable bonds is 6. The highest BCUT2D eigenvalue weighted by Gasteiger charge is 2.13. The maximum atomic E-state index is 12.6. The van der Waals surface area contributed by atoms with E-state index in [2.05, 4.69) is 5.32 Å². The minimum absolute atomic E-state index is 0.0627. The number of para-hydroxylation sites is 1. The Morgan fingerprint density at radius 2 is 1.29 bits per heavy atom. The van der Waals surface area contributed by atoms with Crippen molar-refractivity contribution in [3.05, 3.63) is 89.5 Å². The molecule has 7 heteroatoms. The van der Waals surface area contributed by atoms with Crippen molar-refractivity contribution in [2.45, 2.75) is 0 Å². The molecule has 0 aliphatic heterocycles. The number of primary amides is 2. The first kappa shape index (κ1) is 18.7. The van der Waals surface area contributed by atoms with Crippen molar-refractivity contribution >= 4 is 23.4 Å². The van der Waals surface area contributed by atoms with E-state index in [1.165, 1.54) is 18.2 Å². The van der Waals surface area contributed by atoms with E-state index in [9.17, 15) is 14.4 Å². The van der Waals surface area contributed by atoms with Gasteiger partial charge in [0.2, 0.25) is 11.8 Å². The predicted octanol–water partition coefficient (Wildman–Crippen LogP) is 2.93. The molecular formula is C21H17N3O4. The lowest BCUT2D eigenvalue weighted by Gasteiger charge is -2.10. The quantitative estimate of drug-likeness (QED) is 0.612. The second-order valence-electron chi connectivity index (χ2n) is 5.92. The molecule has 140 valence electrons. The third-order valence-corrected chi connectivity index (χ3v) is 3.84. The van der Waals surface area contributed by atoms with E-state index in [0.29, 0.717) is 17.1 Å². The number of anilines is 1. The van der Waals surface area contributed by atoms with Gasteiger partial charge in [-0.05, 0) is 48.5 Å². The van der Waals surface area contributed by atoms with Crippen LogP contribution in [-0.4, -0.2) is 17.7 Å². The number of benzene rings is 3. The summed E-state index contributed by atoms with van der Waals surface area (Å²) in [5.41, 5.74) is 11.2. The molecule has 28 heavy (non-hydrogen) atoms. The molecule has 0 aliphatic carbocycles. The Balaban J connectivity index is 1.82. The summed E-state index contributed by atoms with van der Waals surface area (Å²) in [6.07, 6.45) is 0. The van der Waals surface area contributed by atoms with Crippen molar-refractivity contribution in [2.75, 3.05) is 5.32 Å². The molecule has 0 aromatic heterocycles. The Bertz CT molecular complexity index is 1020. The van der Waals surface area contributed by atoms with Gasteiger partial charge in [-0.1, -0.05) is 24.3 Å². The lowest BCUT2D eigenvalue weighted by Crippen LogP contribution is -2.18. The number of amides is 3. The summed E-state index contributed by atoms with van der Waals surface area (Å²) in [6.45, 7) is 0. The molecule has 0 unspecified atom stereocenters. The summed E-state index contributed by atoms with van der Waals surface area (Å²) in [6, 6.07) is 19.8. The fourth-order valence-electron chi connectivity index (χ4n) is 2.51. The minimum atomic E-state index is -0.739. The largest absolute Gasteiger partial charge is 0.457 e. The Hall–Kier alpha value is -4.13. The number of nitrogens with one attached hydrogen (secondary N) is 1. The van der Waals surface area contributed by atoms with Gasteiger partial charge in [0.25, 0.3) is 5.91 Å². The van der Waals surface area contributed by atoms with Crippen molar-refractivity contribution in [2.24, 2.45) is 11.5 Å². The molecule has 3 aromatic rings. The molecular weight excluding hydrogens is 358 g/mol. The van der Waals surface area contributed by atoms with Crippen LogP contribution in [0.25, 0.3) is 0 Å². The van der Waals surface area contributed by atoms with Crippen LogP contribution in [0.2, 0.25) is 0 Å². The summed E-state index contributed by atoms with van der Waals surface area (Å²) in [4.78, 5) is 35.5. The van der Waals surface area contributed by atoms with E-state index >= 15 is 0 Å². The van der Waals surface area contributed by atoms with Crippen LogP contribution >= 0.6 is 0 Å². The van der Waals surface area contributed by atoms with Crippen molar-refractivity contribution in [3.63, 3.8) is 0 Å². The number of nitrogens with two attached hydrogens (primary N) is 2. The summed E-state index contributed by atoms with van der Waals surface area (Å²) >= 11 is 0. The molecule has 0 radical (unpaired) electrons. The lowest BCUT2D eigenvalue weighted by atomic mass is 10.1. The highest BCUT2D eigenvalue weighted by atomic mass is 16.5. The first-order valence-corrected chi connectivity index (χ1v) is 8.31. The third kappa shape index (κ3) is 4.53. The second-order valence-corrected chi connectivity index (χ2v) is 5.92. The third-order valence-electron chi connectivity index (χ3n) is 3.84. The van der Waals surface area contributed by atoms with Gasteiger partial charge in [-0.2, -0.15) is 0 Å². The smallest absolute Gasteiger partial charge is 0.255 e. The number of hydrogen-bond donors (Lipinski definition) is 3. The molecule has 0 aliphatic rings. The van der Waals surface area contributed by atoms with Gasteiger partial charge in [-0.3, -0.25) is 14.4 Å². The Kier molecular flexibility index (Phi) is 5.36. The van der Waals surface area contributed by atoms with Crippen molar-refractivity contribution in [1.82, 2.24) is 0 Å². The maximum Gasteiger partial charge on any atom is 0.255 e. The van der Waals surface area contributed by atoms with Crippen LogP contribution in [0.3, 0.4) is 0 Å². The van der Waals surface area contributed by atoms with Crippen molar-refractivity contribution in [1.29, 1.82) is 0 Å². The molecule has 3 amide bonds. The van der Waals surface area contributed by atoms with E-state index in [1.807, 2.05) is 18.2 Å². The molecule has 0 atom stereocenters. The lowest BCUT2D eigenvalue weighted by molar-refractivity contribution is 0.0994. The summed E-state index contributed by atoms with van der Waals surface area (Å²) in [5, 5.41) is 2.63. The van der Waals surface area contributed by atoms with Crippen LogP contribution in [-0.2, 0) is 0 Å². The van der Waals surface area contributed by atoms with Gasteiger partial charge >= 0.3 is 0 Å². The minimum Gasteiger partial charge on any atom is -0.457 e. The Morgan fingerprint density at radius 3 is 1.89 bits per heavy atom. The van der Waals surface area contributed by atoms with Crippen LogP contribution in [0.4, 0.5) is 5.69 Å². The molecule has 7 nitrogen and oxygen atoms in total. The molecule has 3 aromatic carbocycles. The maximum absolute atomic E-state index is 12.6. The van der Waals surface area contributed by atoms with Gasteiger partial charge in [-0.25, -0.2) is 0 Å². The van der Waals surface area contributed by atoms with Crippen molar-refractivity contribution < 1.29 is 19.1 Å². The zero-order valence-electron chi connectivity index (χ0n) is 14.7. The van der Waals surface area contributed by atoms with Crippen LogP contribution in [0.5, 0.6) is 11.5 Å². The monoisotopic (exact) mass is 375 g/mol. The topological polar surface area (TPSA) is 125 Å². The average molecular weight is 375 g/mol. The SMILES string of the molecule is NC(=O)c1cc(NC(=O)c2cccc(Oc3ccccc3)c2)cc(C(N)=O)c1. The van der Waals surface area contributed by atoms with Gasteiger partial charge in [0.05, 0.1) is 0 Å². The van der Waals surface area contributed by atoms with E-state index in [1.54, 1.807) is 36.4 Å². The number of carbonyl (C=O) groups is 3. The standard InChI is InChI=1S/C21H17N3O4/c22-19(25)14-9-15(20(23)26)11-16(10-14)24-21(27)13-5-4-8-18(12-13)28-17-6-2-1-3-7-17/h1-12H,(H2,22,25)(H2,23,26)(H,24,27). The normalized spacial score (nSPS) is 10.1. The van der Waals surface area contributed by atoms with Gasteiger partial charge in [-0.15, -0.1) is 0 Å². The van der Waals surface area contributed by atoms with Crippen LogP contribution in [0.15, 0.2) is 72.8 Å². The zero-order valence-corrected chi connectivity index (χ0v) is 14.7.